The minimum atomic E-state index is 0.230. The van der Waals surface area contributed by atoms with E-state index in [-0.39, 0.29) is 6.04 Å². The summed E-state index contributed by atoms with van der Waals surface area (Å²) < 4.78 is 7.19. The van der Waals surface area contributed by atoms with Crippen LogP contribution in [0, 0.1) is 13.8 Å². The van der Waals surface area contributed by atoms with Gasteiger partial charge < -0.3 is 10.1 Å². The highest BCUT2D eigenvalue weighted by Gasteiger charge is 2.16. The number of nitrogens with zero attached hydrogens (tertiary/aromatic N) is 3. The molecule has 108 valence electrons. The summed E-state index contributed by atoms with van der Waals surface area (Å²) in [4.78, 5) is 4.21. The van der Waals surface area contributed by atoms with Crippen LogP contribution in [0.1, 0.15) is 35.5 Å². The van der Waals surface area contributed by atoms with Crippen LogP contribution in [0.2, 0.25) is 0 Å². The molecule has 1 unspecified atom stereocenters. The van der Waals surface area contributed by atoms with E-state index in [4.69, 9.17) is 4.74 Å². The molecule has 0 radical (unpaired) electrons. The summed E-state index contributed by atoms with van der Waals surface area (Å²) in [6, 6.07) is 4.17. The second kappa shape index (κ2) is 6.05. The van der Waals surface area contributed by atoms with Crippen molar-refractivity contribution >= 4 is 0 Å². The fourth-order valence-corrected chi connectivity index (χ4v) is 2.52. The van der Waals surface area contributed by atoms with E-state index in [2.05, 4.69) is 29.2 Å². The number of nitrogens with one attached hydrogen (secondary N) is 1. The van der Waals surface area contributed by atoms with Crippen molar-refractivity contribution in [2.24, 2.45) is 7.05 Å². The summed E-state index contributed by atoms with van der Waals surface area (Å²) >= 11 is 0. The van der Waals surface area contributed by atoms with Crippen LogP contribution in [0.25, 0.3) is 0 Å². The minimum absolute atomic E-state index is 0.230. The van der Waals surface area contributed by atoms with Gasteiger partial charge in [0.15, 0.2) is 0 Å². The Kier molecular flexibility index (Phi) is 4.39. The number of rotatable bonds is 5. The molecule has 1 N–H and O–H groups in total. The van der Waals surface area contributed by atoms with Crippen molar-refractivity contribution in [1.29, 1.82) is 0 Å². The third-order valence-electron chi connectivity index (χ3n) is 3.64. The summed E-state index contributed by atoms with van der Waals surface area (Å²) in [5.41, 5.74) is 4.58. The van der Waals surface area contributed by atoms with Crippen LogP contribution in [0.3, 0.4) is 0 Å². The molecule has 20 heavy (non-hydrogen) atoms. The highest BCUT2D eigenvalue weighted by molar-refractivity contribution is 5.29. The molecule has 0 aliphatic heterocycles. The molecule has 2 rings (SSSR count). The van der Waals surface area contributed by atoms with Gasteiger partial charge >= 0.3 is 0 Å². The Labute approximate surface area is 120 Å². The molecule has 0 aromatic carbocycles. The average molecular weight is 274 g/mol. The molecule has 0 saturated carbocycles. The van der Waals surface area contributed by atoms with Gasteiger partial charge in [-0.3, -0.25) is 4.68 Å². The molecule has 2 aromatic rings. The van der Waals surface area contributed by atoms with Crippen LogP contribution < -0.4 is 10.1 Å². The number of aryl methyl sites for hydroxylation is 2. The highest BCUT2D eigenvalue weighted by atomic mass is 16.5. The monoisotopic (exact) mass is 274 g/mol. The standard InChI is InChI=1S/C15H22N4O/c1-10(14-11(2)18-19(4)12(14)3)17-9-13-7-6-8-16-15(13)20-5/h6-8,10,17H,9H2,1-5H3. The Morgan fingerprint density at radius 1 is 1.40 bits per heavy atom. The van der Waals surface area contributed by atoms with Crippen LogP contribution in [-0.4, -0.2) is 21.9 Å². The van der Waals surface area contributed by atoms with Crippen LogP contribution in [0.4, 0.5) is 0 Å². The Morgan fingerprint density at radius 2 is 2.15 bits per heavy atom. The third kappa shape index (κ3) is 2.82. The van der Waals surface area contributed by atoms with Crippen molar-refractivity contribution in [2.45, 2.75) is 33.4 Å². The minimum Gasteiger partial charge on any atom is -0.481 e. The van der Waals surface area contributed by atoms with Gasteiger partial charge in [-0.05, 0) is 26.8 Å². The van der Waals surface area contributed by atoms with Crippen molar-refractivity contribution in [3.8, 4) is 5.88 Å². The van der Waals surface area contributed by atoms with Gasteiger partial charge in [0.2, 0.25) is 5.88 Å². The lowest BCUT2D eigenvalue weighted by Crippen LogP contribution is -2.20. The van der Waals surface area contributed by atoms with E-state index in [1.165, 1.54) is 11.3 Å². The zero-order valence-electron chi connectivity index (χ0n) is 12.8. The zero-order valence-corrected chi connectivity index (χ0v) is 12.8. The van der Waals surface area contributed by atoms with Crippen molar-refractivity contribution in [1.82, 2.24) is 20.1 Å². The summed E-state index contributed by atoms with van der Waals surface area (Å²) in [6.07, 6.45) is 1.74. The van der Waals surface area contributed by atoms with E-state index in [0.29, 0.717) is 12.4 Å². The first-order chi connectivity index (χ1) is 9.54. The third-order valence-corrected chi connectivity index (χ3v) is 3.64. The summed E-state index contributed by atoms with van der Waals surface area (Å²) in [7, 11) is 3.62. The fraction of sp³-hybridized carbons (Fsp3) is 0.467. The van der Waals surface area contributed by atoms with Gasteiger partial charge in [-0.25, -0.2) is 4.98 Å². The topological polar surface area (TPSA) is 52.0 Å². The molecule has 0 aliphatic rings. The van der Waals surface area contributed by atoms with E-state index < -0.39 is 0 Å². The molecule has 1 atom stereocenters. The first-order valence-electron chi connectivity index (χ1n) is 6.76. The lowest BCUT2D eigenvalue weighted by atomic mass is 10.1. The predicted octanol–water partition coefficient (Wildman–Crippen LogP) is 2.29. The van der Waals surface area contributed by atoms with Crippen LogP contribution in [-0.2, 0) is 13.6 Å². The quantitative estimate of drug-likeness (QED) is 0.909. The predicted molar refractivity (Wildman–Crippen MR) is 78.7 cm³/mol. The lowest BCUT2D eigenvalue weighted by molar-refractivity contribution is 0.389. The molecular formula is C15H22N4O. The van der Waals surface area contributed by atoms with Gasteiger partial charge in [0.1, 0.15) is 0 Å². The molecule has 0 fully saturated rings. The second-order valence-electron chi connectivity index (χ2n) is 4.98. The van der Waals surface area contributed by atoms with Gasteiger partial charge in [-0.1, -0.05) is 6.07 Å². The Balaban J connectivity index is 2.10. The molecule has 5 nitrogen and oxygen atoms in total. The maximum absolute atomic E-state index is 5.27. The van der Waals surface area contributed by atoms with E-state index in [1.54, 1.807) is 13.3 Å². The first kappa shape index (κ1) is 14.5. The van der Waals surface area contributed by atoms with Crippen molar-refractivity contribution < 1.29 is 4.74 Å². The van der Waals surface area contributed by atoms with Crippen molar-refractivity contribution in [3.63, 3.8) is 0 Å². The number of hydrogen-bond donors (Lipinski definition) is 1. The number of hydrogen-bond acceptors (Lipinski definition) is 4. The van der Waals surface area contributed by atoms with Gasteiger partial charge in [-0.2, -0.15) is 5.10 Å². The number of pyridine rings is 1. The maximum atomic E-state index is 5.27. The van der Waals surface area contributed by atoms with Crippen LogP contribution in [0.15, 0.2) is 18.3 Å². The fourth-order valence-electron chi connectivity index (χ4n) is 2.52. The molecular weight excluding hydrogens is 252 g/mol. The van der Waals surface area contributed by atoms with Gasteiger partial charge in [0.25, 0.3) is 0 Å². The largest absolute Gasteiger partial charge is 0.481 e. The molecule has 2 aromatic heterocycles. The smallest absolute Gasteiger partial charge is 0.217 e. The summed E-state index contributed by atoms with van der Waals surface area (Å²) in [5, 5.41) is 7.97. The van der Waals surface area contributed by atoms with Crippen LogP contribution >= 0.6 is 0 Å². The zero-order chi connectivity index (χ0) is 14.7. The van der Waals surface area contributed by atoms with Gasteiger partial charge in [0, 0.05) is 42.7 Å². The number of ether oxygens (including phenoxy) is 1. The van der Waals surface area contributed by atoms with Gasteiger partial charge in [0.05, 0.1) is 12.8 Å². The van der Waals surface area contributed by atoms with Crippen LogP contribution in [0.5, 0.6) is 5.88 Å². The van der Waals surface area contributed by atoms with Crippen molar-refractivity contribution in [3.05, 3.63) is 40.8 Å². The average Bonchev–Trinajstić information content (AvgIpc) is 2.70. The normalized spacial score (nSPS) is 12.4. The van der Waals surface area contributed by atoms with E-state index in [0.717, 1.165) is 11.3 Å². The molecule has 2 heterocycles. The number of methoxy groups -OCH3 is 1. The van der Waals surface area contributed by atoms with Gasteiger partial charge in [-0.15, -0.1) is 0 Å². The molecule has 0 saturated heterocycles. The Morgan fingerprint density at radius 3 is 2.75 bits per heavy atom. The molecule has 5 heteroatoms. The number of aromatic nitrogens is 3. The first-order valence-corrected chi connectivity index (χ1v) is 6.76. The molecule has 0 spiro atoms. The Bertz CT molecular complexity index is 592. The Hall–Kier alpha value is -1.88. The van der Waals surface area contributed by atoms with E-state index in [1.807, 2.05) is 30.8 Å². The second-order valence-corrected chi connectivity index (χ2v) is 4.98. The summed E-state index contributed by atoms with van der Waals surface area (Å²) in [5.74, 6) is 0.673. The SMILES string of the molecule is COc1ncccc1CNC(C)c1c(C)nn(C)c1C. The lowest BCUT2D eigenvalue weighted by Gasteiger charge is -2.15. The highest BCUT2D eigenvalue weighted by Crippen LogP contribution is 2.22. The maximum Gasteiger partial charge on any atom is 0.217 e. The van der Waals surface area contributed by atoms with Crippen molar-refractivity contribution in [2.75, 3.05) is 7.11 Å². The van der Waals surface area contributed by atoms with E-state index in [9.17, 15) is 0 Å². The summed E-state index contributed by atoms with van der Waals surface area (Å²) in [6.45, 7) is 7.01. The molecule has 0 aliphatic carbocycles. The van der Waals surface area contributed by atoms with E-state index >= 15 is 0 Å². The molecule has 0 bridgehead atoms. The molecule has 0 amide bonds.